The first-order valence-electron chi connectivity index (χ1n) is 7.63. The number of fused-ring (bicyclic) bond motifs is 1. The zero-order valence-electron chi connectivity index (χ0n) is 14.4. The molecule has 2 heterocycles. The van der Waals surface area contributed by atoms with E-state index in [9.17, 15) is 8.78 Å². The molecule has 0 fully saturated rings. The summed E-state index contributed by atoms with van der Waals surface area (Å²) in [5.41, 5.74) is 2.31. The van der Waals surface area contributed by atoms with Crippen molar-refractivity contribution >= 4 is 11.0 Å². The van der Waals surface area contributed by atoms with Gasteiger partial charge in [0, 0.05) is 24.9 Å². The lowest BCUT2D eigenvalue weighted by Gasteiger charge is -2.15. The number of aryl methyl sites for hydroxylation is 1. The number of alkyl halides is 2. The monoisotopic (exact) mass is 365 g/mol. The Kier molecular flexibility index (Phi) is 5.17. The number of nitrogens with one attached hydrogen (secondary N) is 1. The van der Waals surface area contributed by atoms with E-state index in [0.29, 0.717) is 34.0 Å². The number of halogens is 2. The highest BCUT2D eigenvalue weighted by molar-refractivity contribution is 5.87. The molecule has 1 aromatic carbocycles. The Labute approximate surface area is 147 Å². The summed E-state index contributed by atoms with van der Waals surface area (Å²) in [7, 11) is 3.01. The van der Waals surface area contributed by atoms with E-state index in [1.165, 1.54) is 19.2 Å². The van der Waals surface area contributed by atoms with Gasteiger partial charge in [-0.05, 0) is 24.6 Å². The Morgan fingerprint density at radius 3 is 2.62 bits per heavy atom. The van der Waals surface area contributed by atoms with Crippen LogP contribution in [0.1, 0.15) is 5.56 Å². The number of aromatic nitrogens is 3. The lowest BCUT2D eigenvalue weighted by molar-refractivity contribution is -0.0500. The first kappa shape index (κ1) is 17.9. The number of hydrogen-bond donors (Lipinski definition) is 1. The summed E-state index contributed by atoms with van der Waals surface area (Å²) in [4.78, 5) is 2.96. The molecule has 3 rings (SSSR count). The van der Waals surface area contributed by atoms with Crippen molar-refractivity contribution in [2.24, 2.45) is 0 Å². The molecule has 0 radical (unpaired) electrons. The molecule has 0 spiro atoms. The molecule has 9 heteroatoms. The standard InChI is InChI=1S/C17H17F2N3O4/c1-9-4-10(26-17(18)19)5-13(25-8-23-2)15(9)12-6-11-14(24-3)7-20-16(11)22-21-12/h4-7,17H,8H2,1-3H3,(H,20,22). The normalized spacial score (nSPS) is 11.2. The topological polar surface area (TPSA) is 78.5 Å². The minimum atomic E-state index is -2.93. The Bertz CT molecular complexity index is 914. The largest absolute Gasteiger partial charge is 0.494 e. The van der Waals surface area contributed by atoms with Gasteiger partial charge in [0.15, 0.2) is 12.4 Å². The van der Waals surface area contributed by atoms with Gasteiger partial charge < -0.3 is 23.9 Å². The van der Waals surface area contributed by atoms with Crippen molar-refractivity contribution in [1.82, 2.24) is 15.2 Å². The molecule has 0 aliphatic carbocycles. The Balaban J connectivity index is 2.12. The summed E-state index contributed by atoms with van der Waals surface area (Å²) in [5, 5.41) is 9.07. The molecule has 2 aromatic heterocycles. The number of hydrogen-bond acceptors (Lipinski definition) is 6. The first-order chi connectivity index (χ1) is 12.5. The molecule has 0 aliphatic rings. The van der Waals surface area contributed by atoms with Crippen molar-refractivity contribution in [2.75, 3.05) is 21.0 Å². The first-order valence-corrected chi connectivity index (χ1v) is 7.63. The number of rotatable bonds is 7. The third-order valence-corrected chi connectivity index (χ3v) is 3.71. The molecule has 26 heavy (non-hydrogen) atoms. The highest BCUT2D eigenvalue weighted by Gasteiger charge is 2.18. The Morgan fingerprint density at radius 1 is 1.12 bits per heavy atom. The SMILES string of the molecule is COCOc1cc(OC(F)F)cc(C)c1-c1cc2c(OC)c[nH]c2nn1. The van der Waals surface area contributed by atoms with Crippen LogP contribution < -0.4 is 14.2 Å². The van der Waals surface area contributed by atoms with Crippen molar-refractivity contribution in [2.45, 2.75) is 13.5 Å². The minimum Gasteiger partial charge on any atom is -0.494 e. The molecule has 1 N–H and O–H groups in total. The molecule has 7 nitrogen and oxygen atoms in total. The maximum atomic E-state index is 12.6. The third-order valence-electron chi connectivity index (χ3n) is 3.71. The second-order valence-corrected chi connectivity index (χ2v) is 5.39. The van der Waals surface area contributed by atoms with E-state index in [-0.39, 0.29) is 12.5 Å². The van der Waals surface area contributed by atoms with E-state index in [1.54, 1.807) is 26.3 Å². The van der Waals surface area contributed by atoms with Crippen molar-refractivity contribution in [1.29, 1.82) is 0 Å². The van der Waals surface area contributed by atoms with Crippen LogP contribution in [0.15, 0.2) is 24.4 Å². The average Bonchev–Trinajstić information content (AvgIpc) is 3.01. The van der Waals surface area contributed by atoms with Gasteiger partial charge in [-0.25, -0.2) is 0 Å². The van der Waals surface area contributed by atoms with Crippen LogP contribution in [0.25, 0.3) is 22.3 Å². The van der Waals surface area contributed by atoms with Crippen LogP contribution in [0.2, 0.25) is 0 Å². The lowest BCUT2D eigenvalue weighted by Crippen LogP contribution is -2.06. The van der Waals surface area contributed by atoms with Crippen LogP contribution in [0.5, 0.6) is 17.2 Å². The fourth-order valence-corrected chi connectivity index (χ4v) is 2.65. The van der Waals surface area contributed by atoms with Gasteiger partial charge in [0.2, 0.25) is 0 Å². The van der Waals surface area contributed by atoms with E-state index in [0.717, 1.165) is 5.39 Å². The molecular weight excluding hydrogens is 348 g/mol. The van der Waals surface area contributed by atoms with Crippen LogP contribution in [0.3, 0.4) is 0 Å². The molecule has 0 aliphatic heterocycles. The molecule has 0 saturated carbocycles. The summed E-state index contributed by atoms with van der Waals surface area (Å²) in [6.07, 6.45) is 1.68. The zero-order valence-corrected chi connectivity index (χ0v) is 14.4. The summed E-state index contributed by atoms with van der Waals surface area (Å²) in [6, 6.07) is 4.64. The van der Waals surface area contributed by atoms with E-state index < -0.39 is 6.61 Å². The van der Waals surface area contributed by atoms with Gasteiger partial charge in [0.25, 0.3) is 0 Å². The number of H-pyrrole nitrogens is 1. The molecule has 0 amide bonds. The molecule has 3 aromatic rings. The van der Waals surface area contributed by atoms with Gasteiger partial charge in [-0.3, -0.25) is 0 Å². The maximum absolute atomic E-state index is 12.6. The average molecular weight is 365 g/mol. The number of nitrogens with zero attached hydrogens (tertiary/aromatic N) is 2. The fraction of sp³-hybridized carbons (Fsp3) is 0.294. The summed E-state index contributed by atoms with van der Waals surface area (Å²) < 4.78 is 45.3. The van der Waals surface area contributed by atoms with E-state index in [2.05, 4.69) is 19.9 Å². The quantitative estimate of drug-likeness (QED) is 0.646. The Morgan fingerprint density at radius 2 is 1.92 bits per heavy atom. The number of methoxy groups -OCH3 is 2. The second-order valence-electron chi connectivity index (χ2n) is 5.39. The molecule has 0 saturated heterocycles. The van der Waals surface area contributed by atoms with Crippen LogP contribution in [-0.4, -0.2) is 42.8 Å². The number of benzene rings is 1. The van der Waals surface area contributed by atoms with Gasteiger partial charge in [-0.1, -0.05) is 0 Å². The van der Waals surface area contributed by atoms with Crippen LogP contribution >= 0.6 is 0 Å². The van der Waals surface area contributed by atoms with E-state index in [1.807, 2.05) is 0 Å². The third kappa shape index (κ3) is 3.52. The predicted octanol–water partition coefficient (Wildman–Crippen LogP) is 3.53. The number of aromatic amines is 1. The van der Waals surface area contributed by atoms with Gasteiger partial charge in [-0.2, -0.15) is 8.78 Å². The fourth-order valence-electron chi connectivity index (χ4n) is 2.65. The summed E-state index contributed by atoms with van der Waals surface area (Å²) >= 11 is 0. The smallest absolute Gasteiger partial charge is 0.387 e. The molecule has 0 bridgehead atoms. The van der Waals surface area contributed by atoms with Gasteiger partial charge >= 0.3 is 6.61 Å². The van der Waals surface area contributed by atoms with Crippen molar-refractivity contribution in [3.05, 3.63) is 30.0 Å². The summed E-state index contributed by atoms with van der Waals surface area (Å²) in [5.74, 6) is 0.900. The Hall–Kier alpha value is -2.94. The van der Waals surface area contributed by atoms with Crippen molar-refractivity contribution in [3.8, 4) is 28.5 Å². The van der Waals surface area contributed by atoms with Crippen LogP contribution in [-0.2, 0) is 4.74 Å². The van der Waals surface area contributed by atoms with E-state index in [4.69, 9.17) is 14.2 Å². The van der Waals surface area contributed by atoms with Gasteiger partial charge in [0.05, 0.1) is 18.2 Å². The second kappa shape index (κ2) is 7.52. The number of ether oxygens (including phenoxy) is 4. The van der Waals surface area contributed by atoms with Crippen LogP contribution in [0.4, 0.5) is 8.78 Å². The van der Waals surface area contributed by atoms with E-state index >= 15 is 0 Å². The molecule has 0 atom stereocenters. The molecule has 138 valence electrons. The zero-order chi connectivity index (χ0) is 18.7. The van der Waals surface area contributed by atoms with Gasteiger partial charge in [0.1, 0.15) is 17.2 Å². The molecular formula is C17H17F2N3O4. The maximum Gasteiger partial charge on any atom is 0.387 e. The molecule has 0 unspecified atom stereocenters. The lowest BCUT2D eigenvalue weighted by atomic mass is 10.0. The summed E-state index contributed by atoms with van der Waals surface area (Å²) in [6.45, 7) is -1.25. The van der Waals surface area contributed by atoms with Crippen LogP contribution in [0, 0.1) is 6.92 Å². The van der Waals surface area contributed by atoms with Crippen molar-refractivity contribution in [3.63, 3.8) is 0 Å². The highest BCUT2D eigenvalue weighted by atomic mass is 19.3. The van der Waals surface area contributed by atoms with Gasteiger partial charge in [-0.15, -0.1) is 10.2 Å². The predicted molar refractivity (Wildman–Crippen MR) is 89.7 cm³/mol. The highest BCUT2D eigenvalue weighted by Crippen LogP contribution is 2.38. The van der Waals surface area contributed by atoms with Crippen molar-refractivity contribution < 1.29 is 27.7 Å². The minimum absolute atomic E-state index is 0.0133.